The summed E-state index contributed by atoms with van der Waals surface area (Å²) in [6.45, 7) is 3.95. The summed E-state index contributed by atoms with van der Waals surface area (Å²) in [5.74, 6) is -0.0318. The van der Waals surface area contributed by atoms with E-state index >= 15 is 0 Å². The molecule has 1 heterocycles. The van der Waals surface area contributed by atoms with Crippen LogP contribution in [0.5, 0.6) is 0 Å². The minimum atomic E-state index is -0.410. The molecule has 1 aromatic rings. The van der Waals surface area contributed by atoms with Gasteiger partial charge in [-0.3, -0.25) is 14.9 Å². The number of benzene rings is 1. The van der Waals surface area contributed by atoms with E-state index in [0.717, 1.165) is 12.0 Å². The summed E-state index contributed by atoms with van der Waals surface area (Å²) in [6.07, 6.45) is 1.15. The van der Waals surface area contributed by atoms with Crippen molar-refractivity contribution in [3.63, 3.8) is 0 Å². The number of anilines is 1. The van der Waals surface area contributed by atoms with Gasteiger partial charge in [-0.15, -0.1) is 0 Å². The van der Waals surface area contributed by atoms with Crippen LogP contribution in [0, 0.1) is 10.1 Å². The standard InChI is InChI=1S/C12H14N2O3/c1-3-12(2)7-11(15)13-10-5-4-8(14(16)17)6-9(10)12/h4-6H,3,7H2,1-2H3,(H,13,15). The molecule has 0 aliphatic carbocycles. The van der Waals surface area contributed by atoms with E-state index < -0.39 is 4.92 Å². The Labute approximate surface area is 99.0 Å². The topological polar surface area (TPSA) is 72.2 Å². The third kappa shape index (κ3) is 1.88. The lowest BCUT2D eigenvalue weighted by Gasteiger charge is -2.34. The monoisotopic (exact) mass is 234 g/mol. The first-order chi connectivity index (χ1) is 7.96. The van der Waals surface area contributed by atoms with E-state index in [4.69, 9.17) is 0 Å². The molecule has 1 amide bonds. The molecule has 0 radical (unpaired) electrons. The SMILES string of the molecule is CCC1(C)CC(=O)Nc2ccc([N+](=O)[O-])cc21. The van der Waals surface area contributed by atoms with Crippen molar-refractivity contribution < 1.29 is 9.72 Å². The van der Waals surface area contributed by atoms with E-state index in [0.29, 0.717) is 12.1 Å². The molecule has 1 aromatic carbocycles. The molecule has 17 heavy (non-hydrogen) atoms. The van der Waals surface area contributed by atoms with Crippen LogP contribution in [0.25, 0.3) is 0 Å². The fourth-order valence-electron chi connectivity index (χ4n) is 2.21. The van der Waals surface area contributed by atoms with Crippen LogP contribution < -0.4 is 5.32 Å². The fraction of sp³-hybridized carbons (Fsp3) is 0.417. The van der Waals surface area contributed by atoms with Gasteiger partial charge < -0.3 is 5.32 Å². The van der Waals surface area contributed by atoms with E-state index in [1.165, 1.54) is 6.07 Å². The Kier molecular flexibility index (Phi) is 2.61. The zero-order valence-electron chi connectivity index (χ0n) is 9.82. The molecule has 5 nitrogen and oxygen atoms in total. The molecule has 1 atom stereocenters. The van der Waals surface area contributed by atoms with Crippen molar-refractivity contribution in [1.29, 1.82) is 0 Å². The molecule has 1 aliphatic heterocycles. The summed E-state index contributed by atoms with van der Waals surface area (Å²) in [5.41, 5.74) is 1.30. The molecule has 90 valence electrons. The summed E-state index contributed by atoms with van der Waals surface area (Å²) in [5, 5.41) is 13.5. The highest BCUT2D eigenvalue weighted by molar-refractivity contribution is 5.95. The predicted octanol–water partition coefficient (Wildman–Crippen LogP) is 2.60. The minimum absolute atomic E-state index is 0.0318. The summed E-state index contributed by atoms with van der Waals surface area (Å²) >= 11 is 0. The van der Waals surface area contributed by atoms with Crippen molar-refractivity contribution in [3.8, 4) is 0 Å². The average molecular weight is 234 g/mol. The van der Waals surface area contributed by atoms with Gasteiger partial charge in [0.15, 0.2) is 0 Å². The largest absolute Gasteiger partial charge is 0.326 e. The lowest BCUT2D eigenvalue weighted by Crippen LogP contribution is -2.34. The van der Waals surface area contributed by atoms with Gasteiger partial charge in [0.25, 0.3) is 5.69 Å². The molecule has 0 fully saturated rings. The quantitative estimate of drug-likeness (QED) is 0.631. The second-order valence-corrected chi connectivity index (χ2v) is 4.63. The molecule has 5 heteroatoms. The van der Waals surface area contributed by atoms with Crippen molar-refractivity contribution in [2.24, 2.45) is 0 Å². The molecule has 0 spiro atoms. The predicted molar refractivity (Wildman–Crippen MR) is 64.0 cm³/mol. The second kappa shape index (κ2) is 3.84. The van der Waals surface area contributed by atoms with E-state index in [9.17, 15) is 14.9 Å². The van der Waals surface area contributed by atoms with Crippen molar-refractivity contribution in [3.05, 3.63) is 33.9 Å². The van der Waals surface area contributed by atoms with Crippen molar-refractivity contribution >= 4 is 17.3 Å². The zero-order chi connectivity index (χ0) is 12.6. The number of hydrogen-bond donors (Lipinski definition) is 1. The average Bonchev–Trinajstić information content (AvgIpc) is 2.28. The number of rotatable bonds is 2. The first-order valence-corrected chi connectivity index (χ1v) is 5.55. The number of non-ortho nitro benzene ring substituents is 1. The number of carbonyl (C=O) groups is 1. The molecule has 0 saturated heterocycles. The summed E-state index contributed by atoms with van der Waals surface area (Å²) < 4.78 is 0. The van der Waals surface area contributed by atoms with Crippen molar-refractivity contribution in [2.75, 3.05) is 5.32 Å². The van der Waals surface area contributed by atoms with Crippen LogP contribution in [-0.2, 0) is 10.2 Å². The molecule has 2 rings (SSSR count). The molecular formula is C12H14N2O3. The highest BCUT2D eigenvalue weighted by atomic mass is 16.6. The lowest BCUT2D eigenvalue weighted by atomic mass is 9.74. The van der Waals surface area contributed by atoms with Gasteiger partial charge in [-0.25, -0.2) is 0 Å². The van der Waals surface area contributed by atoms with Crippen LogP contribution in [0.4, 0.5) is 11.4 Å². The second-order valence-electron chi connectivity index (χ2n) is 4.63. The Morgan fingerprint density at radius 2 is 2.24 bits per heavy atom. The van der Waals surface area contributed by atoms with Crippen molar-refractivity contribution in [2.45, 2.75) is 32.1 Å². The van der Waals surface area contributed by atoms with Crippen LogP contribution in [0.1, 0.15) is 32.3 Å². The number of amides is 1. The van der Waals surface area contributed by atoms with E-state index in [-0.39, 0.29) is 17.0 Å². The van der Waals surface area contributed by atoms with Gasteiger partial charge in [0.2, 0.25) is 5.91 Å². The molecule has 1 N–H and O–H groups in total. The molecule has 1 unspecified atom stereocenters. The van der Waals surface area contributed by atoms with Crippen LogP contribution in [0.3, 0.4) is 0 Å². The number of fused-ring (bicyclic) bond motifs is 1. The third-order valence-corrected chi connectivity index (χ3v) is 3.47. The Morgan fingerprint density at radius 3 is 2.82 bits per heavy atom. The normalized spacial score (nSPS) is 22.8. The fourth-order valence-corrected chi connectivity index (χ4v) is 2.21. The van der Waals surface area contributed by atoms with E-state index in [1.54, 1.807) is 12.1 Å². The molecule has 0 bridgehead atoms. The van der Waals surface area contributed by atoms with Gasteiger partial charge in [-0.05, 0) is 18.1 Å². The maximum absolute atomic E-state index is 11.6. The maximum atomic E-state index is 11.6. The molecular weight excluding hydrogens is 220 g/mol. The van der Waals surface area contributed by atoms with Gasteiger partial charge in [0.1, 0.15) is 0 Å². The maximum Gasteiger partial charge on any atom is 0.269 e. The number of nitro benzene ring substituents is 1. The first kappa shape index (κ1) is 11.6. The third-order valence-electron chi connectivity index (χ3n) is 3.47. The van der Waals surface area contributed by atoms with E-state index in [2.05, 4.69) is 5.32 Å². The zero-order valence-corrected chi connectivity index (χ0v) is 9.82. The van der Waals surface area contributed by atoms with E-state index in [1.807, 2.05) is 13.8 Å². The first-order valence-electron chi connectivity index (χ1n) is 5.55. The number of nitrogens with zero attached hydrogens (tertiary/aromatic N) is 1. The Bertz CT molecular complexity index is 499. The van der Waals surface area contributed by atoms with Gasteiger partial charge in [-0.2, -0.15) is 0 Å². The molecule has 0 aromatic heterocycles. The number of nitro groups is 1. The summed E-state index contributed by atoms with van der Waals surface area (Å²) in [7, 11) is 0. The lowest BCUT2D eigenvalue weighted by molar-refractivity contribution is -0.385. The smallest absolute Gasteiger partial charge is 0.269 e. The van der Waals surface area contributed by atoms with Gasteiger partial charge >= 0.3 is 0 Å². The molecule has 0 saturated carbocycles. The van der Waals surface area contributed by atoms with Gasteiger partial charge in [-0.1, -0.05) is 13.8 Å². The summed E-state index contributed by atoms with van der Waals surface area (Å²) in [4.78, 5) is 21.9. The Hall–Kier alpha value is -1.91. The number of hydrogen-bond acceptors (Lipinski definition) is 3. The van der Waals surface area contributed by atoms with Crippen LogP contribution >= 0.6 is 0 Å². The highest BCUT2D eigenvalue weighted by Gasteiger charge is 2.35. The summed E-state index contributed by atoms with van der Waals surface area (Å²) in [6, 6.07) is 4.59. The Balaban J connectivity index is 2.58. The van der Waals surface area contributed by atoms with Crippen LogP contribution in [-0.4, -0.2) is 10.8 Å². The number of nitrogens with one attached hydrogen (secondary N) is 1. The van der Waals surface area contributed by atoms with Crippen LogP contribution in [0.15, 0.2) is 18.2 Å². The molecule has 1 aliphatic rings. The number of carbonyl (C=O) groups excluding carboxylic acids is 1. The van der Waals surface area contributed by atoms with Crippen LogP contribution in [0.2, 0.25) is 0 Å². The highest BCUT2D eigenvalue weighted by Crippen LogP contribution is 2.41. The van der Waals surface area contributed by atoms with Gasteiger partial charge in [0.05, 0.1) is 4.92 Å². The van der Waals surface area contributed by atoms with Crippen molar-refractivity contribution in [1.82, 2.24) is 0 Å². The minimum Gasteiger partial charge on any atom is -0.326 e. The van der Waals surface area contributed by atoms with Gasteiger partial charge in [0, 0.05) is 29.7 Å². The Morgan fingerprint density at radius 1 is 1.53 bits per heavy atom.